The smallest absolute Gasteiger partial charge is 0.407 e. The van der Waals surface area contributed by atoms with Crippen molar-refractivity contribution in [2.75, 3.05) is 12.4 Å². The van der Waals surface area contributed by atoms with Gasteiger partial charge in [-0.15, -0.1) is 11.6 Å². The van der Waals surface area contributed by atoms with Gasteiger partial charge in [-0.3, -0.25) is 4.79 Å². The first kappa shape index (κ1) is 17.0. The van der Waals surface area contributed by atoms with Crippen molar-refractivity contribution in [2.24, 2.45) is 0 Å². The van der Waals surface area contributed by atoms with E-state index >= 15 is 0 Å². The van der Waals surface area contributed by atoms with Crippen LogP contribution in [-0.2, 0) is 16.1 Å². The van der Waals surface area contributed by atoms with E-state index in [4.69, 9.17) is 16.3 Å². The number of carbonyl (C=O) groups is 2. The lowest BCUT2D eigenvalue weighted by molar-refractivity contribution is -0.118. The number of halogens is 1. The average Bonchev–Trinajstić information content (AvgIpc) is 2.61. The molecule has 2 aromatic rings. The summed E-state index contributed by atoms with van der Waals surface area (Å²) in [6, 6.07) is 18.6. The Hall–Kier alpha value is -2.33. The van der Waals surface area contributed by atoms with E-state index in [2.05, 4.69) is 5.32 Å². The van der Waals surface area contributed by atoms with Crippen LogP contribution in [0, 0.1) is 0 Å². The minimum Gasteiger partial charge on any atom is -0.445 e. The van der Waals surface area contributed by atoms with Gasteiger partial charge in [-0.05, 0) is 11.1 Å². The van der Waals surface area contributed by atoms with Crippen LogP contribution in [0.5, 0.6) is 0 Å². The lowest BCUT2D eigenvalue weighted by Gasteiger charge is -2.16. The molecule has 1 amide bonds. The maximum Gasteiger partial charge on any atom is 0.407 e. The fraction of sp³-hybridized carbons (Fsp3) is 0.222. The second-order valence-corrected chi connectivity index (χ2v) is 5.27. The maximum absolute atomic E-state index is 12.0. The summed E-state index contributed by atoms with van der Waals surface area (Å²) in [5, 5.41) is 2.63. The summed E-state index contributed by atoms with van der Waals surface area (Å²) >= 11 is 5.66. The summed E-state index contributed by atoms with van der Waals surface area (Å²) in [6.07, 6.45) is -0.558. The molecule has 0 bridgehead atoms. The second-order valence-electron chi connectivity index (χ2n) is 5.01. The van der Waals surface area contributed by atoms with Gasteiger partial charge in [0.05, 0.1) is 11.8 Å². The molecule has 1 unspecified atom stereocenters. The molecule has 4 nitrogen and oxygen atoms in total. The Morgan fingerprint density at radius 2 is 1.61 bits per heavy atom. The molecule has 0 aliphatic carbocycles. The van der Waals surface area contributed by atoms with E-state index in [1.165, 1.54) is 0 Å². The van der Waals surface area contributed by atoms with E-state index in [0.717, 1.165) is 11.1 Å². The fourth-order valence-corrected chi connectivity index (χ4v) is 2.34. The highest BCUT2D eigenvalue weighted by Crippen LogP contribution is 2.16. The zero-order valence-corrected chi connectivity index (χ0v) is 13.3. The van der Waals surface area contributed by atoms with Gasteiger partial charge >= 0.3 is 6.09 Å². The number of hydrogen-bond donors (Lipinski definition) is 1. The van der Waals surface area contributed by atoms with E-state index in [1.54, 1.807) is 0 Å². The van der Waals surface area contributed by atoms with Crippen LogP contribution in [0.2, 0.25) is 0 Å². The Morgan fingerprint density at radius 3 is 2.22 bits per heavy atom. The molecule has 2 aromatic carbocycles. The molecule has 0 fully saturated rings. The molecule has 0 heterocycles. The van der Waals surface area contributed by atoms with Gasteiger partial charge in [-0.2, -0.15) is 0 Å². The quantitative estimate of drug-likeness (QED) is 0.790. The number of alkyl carbamates (subject to hydrolysis) is 1. The molecule has 5 heteroatoms. The van der Waals surface area contributed by atoms with Crippen LogP contribution in [0.4, 0.5) is 4.79 Å². The van der Waals surface area contributed by atoms with Gasteiger partial charge in [-0.1, -0.05) is 60.7 Å². The Balaban J connectivity index is 1.88. The van der Waals surface area contributed by atoms with E-state index in [9.17, 15) is 9.59 Å². The van der Waals surface area contributed by atoms with Crippen molar-refractivity contribution in [3.05, 3.63) is 71.8 Å². The Labute approximate surface area is 140 Å². The molecule has 1 atom stereocenters. The van der Waals surface area contributed by atoms with E-state index in [-0.39, 0.29) is 24.8 Å². The number of ketones is 1. The summed E-state index contributed by atoms with van der Waals surface area (Å²) in [4.78, 5) is 23.8. The summed E-state index contributed by atoms with van der Waals surface area (Å²) in [7, 11) is 0. The van der Waals surface area contributed by atoms with Crippen LogP contribution in [0.15, 0.2) is 60.7 Å². The highest BCUT2D eigenvalue weighted by molar-refractivity contribution is 6.28. The van der Waals surface area contributed by atoms with Crippen molar-refractivity contribution >= 4 is 23.5 Å². The molecule has 0 saturated carbocycles. The maximum atomic E-state index is 12.0. The number of Topliss-reactive ketones (excluding diaryl/α,β-unsaturated/α-hetero) is 1. The molecule has 23 heavy (non-hydrogen) atoms. The summed E-state index contributed by atoms with van der Waals surface area (Å²) in [6.45, 7) is 0.343. The fourth-order valence-electron chi connectivity index (χ4n) is 2.16. The van der Waals surface area contributed by atoms with Gasteiger partial charge in [0.1, 0.15) is 6.61 Å². The van der Waals surface area contributed by atoms with Crippen molar-refractivity contribution in [3.8, 4) is 0 Å². The molecule has 2 rings (SSSR count). The number of ether oxygens (including phenoxy) is 1. The van der Waals surface area contributed by atoms with Gasteiger partial charge in [0, 0.05) is 6.54 Å². The highest BCUT2D eigenvalue weighted by Gasteiger charge is 2.20. The molecule has 0 spiro atoms. The average molecular weight is 332 g/mol. The van der Waals surface area contributed by atoms with E-state index in [0.29, 0.717) is 0 Å². The topological polar surface area (TPSA) is 55.4 Å². The lowest BCUT2D eigenvalue weighted by Crippen LogP contribution is -2.32. The molecule has 120 valence electrons. The number of rotatable bonds is 7. The number of hydrogen-bond acceptors (Lipinski definition) is 3. The molecule has 0 saturated heterocycles. The Morgan fingerprint density at radius 1 is 1.00 bits per heavy atom. The molecular weight excluding hydrogens is 314 g/mol. The van der Waals surface area contributed by atoms with E-state index in [1.807, 2.05) is 60.7 Å². The number of nitrogens with one attached hydrogen (secondary N) is 1. The number of amides is 1. The SMILES string of the molecule is O=C(NCC(C(=O)CCl)c1ccccc1)OCc1ccccc1. The monoisotopic (exact) mass is 331 g/mol. The summed E-state index contributed by atoms with van der Waals surface area (Å²) < 4.78 is 5.13. The normalized spacial score (nSPS) is 11.5. The lowest BCUT2D eigenvalue weighted by atomic mass is 9.95. The minimum atomic E-state index is -0.558. The first-order chi connectivity index (χ1) is 11.2. The molecule has 0 aliphatic heterocycles. The molecular formula is C18H18ClNO3. The number of carbonyl (C=O) groups excluding carboxylic acids is 2. The largest absolute Gasteiger partial charge is 0.445 e. The van der Waals surface area contributed by atoms with Crippen LogP contribution in [0.1, 0.15) is 17.0 Å². The van der Waals surface area contributed by atoms with Crippen molar-refractivity contribution in [1.29, 1.82) is 0 Å². The zero-order valence-electron chi connectivity index (χ0n) is 12.6. The van der Waals surface area contributed by atoms with Gasteiger partial charge < -0.3 is 10.1 Å². The number of alkyl halides is 1. The Kier molecular flexibility index (Phi) is 6.63. The van der Waals surface area contributed by atoms with Crippen LogP contribution < -0.4 is 5.32 Å². The van der Waals surface area contributed by atoms with Gasteiger partial charge in [0.15, 0.2) is 5.78 Å². The zero-order chi connectivity index (χ0) is 16.5. The van der Waals surface area contributed by atoms with Crippen LogP contribution in [0.3, 0.4) is 0 Å². The molecule has 0 radical (unpaired) electrons. The van der Waals surface area contributed by atoms with Crippen LogP contribution in [0.25, 0.3) is 0 Å². The van der Waals surface area contributed by atoms with Gasteiger partial charge in [-0.25, -0.2) is 4.79 Å². The first-order valence-electron chi connectivity index (χ1n) is 7.29. The van der Waals surface area contributed by atoms with Crippen molar-refractivity contribution in [1.82, 2.24) is 5.32 Å². The Bertz CT molecular complexity index is 631. The summed E-state index contributed by atoms with van der Waals surface area (Å²) in [5.41, 5.74) is 1.72. The van der Waals surface area contributed by atoms with Crippen molar-refractivity contribution in [2.45, 2.75) is 12.5 Å². The molecule has 0 aliphatic rings. The van der Waals surface area contributed by atoms with Crippen molar-refractivity contribution in [3.63, 3.8) is 0 Å². The van der Waals surface area contributed by atoms with Gasteiger partial charge in [0.2, 0.25) is 0 Å². The predicted octanol–water partition coefficient (Wildman–Crippen LogP) is 3.50. The molecule has 1 N–H and O–H groups in total. The standard InChI is InChI=1S/C18H18ClNO3/c19-11-17(21)16(15-9-5-2-6-10-15)12-20-18(22)23-13-14-7-3-1-4-8-14/h1-10,16H,11-13H2,(H,20,22). The van der Waals surface area contributed by atoms with Crippen molar-refractivity contribution < 1.29 is 14.3 Å². The number of benzene rings is 2. The second kappa shape index (κ2) is 8.96. The third-order valence-electron chi connectivity index (χ3n) is 3.39. The highest BCUT2D eigenvalue weighted by atomic mass is 35.5. The third kappa shape index (κ3) is 5.42. The summed E-state index contributed by atoms with van der Waals surface area (Å²) in [5.74, 6) is -0.709. The predicted molar refractivity (Wildman–Crippen MR) is 89.5 cm³/mol. The van der Waals surface area contributed by atoms with Gasteiger partial charge in [0.25, 0.3) is 0 Å². The van der Waals surface area contributed by atoms with Crippen LogP contribution in [-0.4, -0.2) is 24.3 Å². The molecule has 0 aromatic heterocycles. The van der Waals surface area contributed by atoms with E-state index < -0.39 is 12.0 Å². The minimum absolute atomic E-state index is 0.0969. The third-order valence-corrected chi connectivity index (χ3v) is 3.65. The van der Waals surface area contributed by atoms with Crippen LogP contribution >= 0.6 is 11.6 Å². The first-order valence-corrected chi connectivity index (χ1v) is 7.82.